The van der Waals surface area contributed by atoms with Gasteiger partial charge in [-0.05, 0) is 24.6 Å². The highest BCUT2D eigenvalue weighted by atomic mass is 16.1. The van der Waals surface area contributed by atoms with Gasteiger partial charge in [-0.15, -0.1) is 0 Å². The van der Waals surface area contributed by atoms with Crippen LogP contribution in [0.4, 0.5) is 0 Å². The van der Waals surface area contributed by atoms with Crippen molar-refractivity contribution in [2.24, 2.45) is 7.05 Å². The summed E-state index contributed by atoms with van der Waals surface area (Å²) >= 11 is 0. The number of aldehydes is 1. The van der Waals surface area contributed by atoms with Crippen LogP contribution in [0.3, 0.4) is 0 Å². The molecule has 0 saturated heterocycles. The molecule has 0 unspecified atom stereocenters. The standard InChI is InChI=1S/C14H16N2O2/c1-3-4-5-13-15-14(18)11-8-10(9-17)6-7-12(11)16(13)2/h6-9H,3-5H2,1-2H3. The number of carbonyl (C=O) groups excluding carboxylic acids is 1. The van der Waals surface area contributed by atoms with E-state index in [-0.39, 0.29) is 5.56 Å². The highest BCUT2D eigenvalue weighted by molar-refractivity contribution is 5.86. The Kier molecular flexibility index (Phi) is 3.55. The van der Waals surface area contributed by atoms with E-state index >= 15 is 0 Å². The Morgan fingerprint density at radius 3 is 2.83 bits per heavy atom. The molecule has 2 aromatic rings. The molecule has 0 aliphatic carbocycles. The molecule has 94 valence electrons. The maximum absolute atomic E-state index is 11.9. The van der Waals surface area contributed by atoms with Crippen molar-refractivity contribution in [1.82, 2.24) is 9.55 Å². The third-order valence-corrected chi connectivity index (χ3v) is 3.12. The van der Waals surface area contributed by atoms with Crippen LogP contribution in [0.15, 0.2) is 23.0 Å². The number of hydrogen-bond donors (Lipinski definition) is 0. The Hall–Kier alpha value is -1.97. The summed E-state index contributed by atoms with van der Waals surface area (Å²) in [5.74, 6) is 0.799. The van der Waals surface area contributed by atoms with Gasteiger partial charge in [0.15, 0.2) is 0 Å². The van der Waals surface area contributed by atoms with Crippen LogP contribution >= 0.6 is 0 Å². The molecular weight excluding hydrogens is 228 g/mol. The van der Waals surface area contributed by atoms with Crippen molar-refractivity contribution in [3.05, 3.63) is 39.9 Å². The zero-order valence-corrected chi connectivity index (χ0v) is 10.6. The molecule has 0 fully saturated rings. The lowest BCUT2D eigenvalue weighted by Crippen LogP contribution is -2.17. The first-order valence-corrected chi connectivity index (χ1v) is 6.12. The summed E-state index contributed by atoms with van der Waals surface area (Å²) in [6.45, 7) is 2.11. The lowest BCUT2D eigenvalue weighted by molar-refractivity contribution is 0.112. The van der Waals surface area contributed by atoms with Gasteiger partial charge in [0.25, 0.3) is 5.56 Å². The molecule has 4 heteroatoms. The summed E-state index contributed by atoms with van der Waals surface area (Å²) in [5.41, 5.74) is 1.08. The molecule has 0 spiro atoms. The lowest BCUT2D eigenvalue weighted by Gasteiger charge is -2.10. The lowest BCUT2D eigenvalue weighted by atomic mass is 10.1. The van der Waals surface area contributed by atoms with Crippen LogP contribution in [0.25, 0.3) is 10.9 Å². The molecule has 1 heterocycles. The van der Waals surface area contributed by atoms with Crippen molar-refractivity contribution < 1.29 is 4.79 Å². The normalized spacial score (nSPS) is 10.8. The van der Waals surface area contributed by atoms with Crippen molar-refractivity contribution in [1.29, 1.82) is 0 Å². The molecule has 0 amide bonds. The van der Waals surface area contributed by atoms with E-state index in [2.05, 4.69) is 11.9 Å². The predicted octanol–water partition coefficient (Wildman–Crippen LogP) is 2.09. The summed E-state index contributed by atoms with van der Waals surface area (Å²) in [6.07, 6.45) is 3.62. The maximum Gasteiger partial charge on any atom is 0.280 e. The van der Waals surface area contributed by atoms with Gasteiger partial charge < -0.3 is 4.57 Å². The molecule has 2 rings (SSSR count). The van der Waals surface area contributed by atoms with Crippen LogP contribution in [0, 0.1) is 0 Å². The van der Waals surface area contributed by atoms with Gasteiger partial charge in [-0.2, -0.15) is 4.98 Å². The molecule has 0 N–H and O–H groups in total. The second-order valence-corrected chi connectivity index (χ2v) is 4.39. The number of unbranched alkanes of at least 4 members (excludes halogenated alkanes) is 1. The highest BCUT2D eigenvalue weighted by Crippen LogP contribution is 2.13. The van der Waals surface area contributed by atoms with E-state index in [0.717, 1.165) is 36.9 Å². The average Bonchev–Trinajstić information content (AvgIpc) is 2.40. The average molecular weight is 244 g/mol. The first-order chi connectivity index (χ1) is 8.67. The van der Waals surface area contributed by atoms with Crippen molar-refractivity contribution >= 4 is 17.2 Å². The van der Waals surface area contributed by atoms with Crippen LogP contribution in [-0.4, -0.2) is 15.8 Å². The molecule has 0 aliphatic heterocycles. The Bertz CT molecular complexity index is 644. The van der Waals surface area contributed by atoms with Gasteiger partial charge in [-0.1, -0.05) is 13.3 Å². The van der Waals surface area contributed by atoms with E-state index < -0.39 is 0 Å². The number of fused-ring (bicyclic) bond motifs is 1. The van der Waals surface area contributed by atoms with Crippen LogP contribution in [-0.2, 0) is 13.5 Å². The summed E-state index contributed by atoms with van der Waals surface area (Å²) in [4.78, 5) is 26.8. The summed E-state index contributed by atoms with van der Waals surface area (Å²) in [7, 11) is 1.90. The van der Waals surface area contributed by atoms with Crippen LogP contribution in [0.1, 0.15) is 35.9 Å². The molecule has 1 aromatic carbocycles. The molecule has 0 bridgehead atoms. The first-order valence-electron chi connectivity index (χ1n) is 6.12. The molecule has 0 atom stereocenters. The molecule has 0 radical (unpaired) electrons. The van der Waals surface area contributed by atoms with E-state index in [0.29, 0.717) is 10.9 Å². The van der Waals surface area contributed by atoms with Gasteiger partial charge in [0.2, 0.25) is 0 Å². The molecule has 1 aromatic heterocycles. The topological polar surface area (TPSA) is 52.0 Å². The molecule has 0 saturated carbocycles. The number of hydrogen-bond acceptors (Lipinski definition) is 3. The molecule has 18 heavy (non-hydrogen) atoms. The quantitative estimate of drug-likeness (QED) is 0.774. The number of benzene rings is 1. The van der Waals surface area contributed by atoms with Crippen LogP contribution in [0.2, 0.25) is 0 Å². The molecule has 4 nitrogen and oxygen atoms in total. The van der Waals surface area contributed by atoms with E-state index in [1.54, 1.807) is 18.2 Å². The summed E-state index contributed by atoms with van der Waals surface area (Å²) in [5, 5.41) is 0.502. The van der Waals surface area contributed by atoms with E-state index in [9.17, 15) is 9.59 Å². The van der Waals surface area contributed by atoms with Crippen molar-refractivity contribution in [3.8, 4) is 0 Å². The zero-order chi connectivity index (χ0) is 13.1. The smallest absolute Gasteiger partial charge is 0.280 e. The minimum Gasteiger partial charge on any atom is -0.332 e. The Morgan fingerprint density at radius 2 is 2.17 bits per heavy atom. The van der Waals surface area contributed by atoms with Gasteiger partial charge in [0.05, 0.1) is 10.9 Å². The monoisotopic (exact) mass is 244 g/mol. The number of rotatable bonds is 4. The van der Waals surface area contributed by atoms with Crippen molar-refractivity contribution in [2.75, 3.05) is 0 Å². The SMILES string of the molecule is CCCCc1nc(=O)c2cc(C=O)ccc2n1C. The van der Waals surface area contributed by atoms with Crippen molar-refractivity contribution in [2.45, 2.75) is 26.2 Å². The Labute approximate surface area is 105 Å². The number of nitrogens with zero attached hydrogens (tertiary/aromatic N) is 2. The second-order valence-electron chi connectivity index (χ2n) is 4.39. The predicted molar refractivity (Wildman–Crippen MR) is 71.0 cm³/mol. The van der Waals surface area contributed by atoms with Crippen LogP contribution < -0.4 is 5.56 Å². The van der Waals surface area contributed by atoms with E-state index in [4.69, 9.17) is 0 Å². The first kappa shape index (κ1) is 12.5. The molecular formula is C14H16N2O2. The Balaban J connectivity index is 2.64. The minimum absolute atomic E-state index is 0.252. The number of carbonyl (C=O) groups is 1. The second kappa shape index (κ2) is 5.12. The number of aromatic nitrogens is 2. The van der Waals surface area contributed by atoms with Gasteiger partial charge in [-0.25, -0.2) is 0 Å². The molecule has 0 aliphatic rings. The van der Waals surface area contributed by atoms with Gasteiger partial charge >= 0.3 is 0 Å². The fourth-order valence-corrected chi connectivity index (χ4v) is 2.04. The summed E-state index contributed by atoms with van der Waals surface area (Å²) < 4.78 is 1.93. The fourth-order valence-electron chi connectivity index (χ4n) is 2.04. The van der Waals surface area contributed by atoms with Crippen molar-refractivity contribution in [3.63, 3.8) is 0 Å². The van der Waals surface area contributed by atoms with E-state index in [1.165, 1.54) is 0 Å². The van der Waals surface area contributed by atoms with Crippen LogP contribution in [0.5, 0.6) is 0 Å². The van der Waals surface area contributed by atoms with Gasteiger partial charge in [-0.3, -0.25) is 9.59 Å². The Morgan fingerprint density at radius 1 is 1.39 bits per heavy atom. The largest absolute Gasteiger partial charge is 0.332 e. The van der Waals surface area contributed by atoms with E-state index in [1.807, 2.05) is 11.6 Å². The number of aryl methyl sites for hydroxylation is 2. The fraction of sp³-hybridized carbons (Fsp3) is 0.357. The third-order valence-electron chi connectivity index (χ3n) is 3.12. The highest BCUT2D eigenvalue weighted by Gasteiger charge is 2.08. The minimum atomic E-state index is -0.252. The third kappa shape index (κ3) is 2.18. The zero-order valence-electron chi connectivity index (χ0n) is 10.6. The maximum atomic E-state index is 11.9. The van der Waals surface area contributed by atoms with Gasteiger partial charge in [0.1, 0.15) is 12.1 Å². The van der Waals surface area contributed by atoms with Gasteiger partial charge in [0, 0.05) is 19.0 Å². The summed E-state index contributed by atoms with van der Waals surface area (Å²) in [6, 6.07) is 5.12.